The second-order valence-corrected chi connectivity index (χ2v) is 6.99. The number of carbonyl (C=O) groups excluding carboxylic acids is 1. The van der Waals surface area contributed by atoms with Gasteiger partial charge in [0.15, 0.2) is 10.1 Å². The zero-order valence-electron chi connectivity index (χ0n) is 11.0. The largest absolute Gasteiger partial charge is 0.511 e. The molecule has 0 bridgehead atoms. The normalized spacial score (nSPS) is 19.0. The van der Waals surface area contributed by atoms with Crippen molar-refractivity contribution in [2.24, 2.45) is 0 Å². The highest BCUT2D eigenvalue weighted by atomic mass is 32.2. The quantitative estimate of drug-likeness (QED) is 0.903. The summed E-state index contributed by atoms with van der Waals surface area (Å²) < 4.78 is 0.570. The Morgan fingerprint density at radius 3 is 2.62 bits per heavy atom. The highest BCUT2D eigenvalue weighted by Gasteiger charge is 2.29. The van der Waals surface area contributed by atoms with Crippen LogP contribution < -0.4 is 5.73 Å². The van der Waals surface area contributed by atoms with E-state index in [-0.39, 0.29) is 17.5 Å². The molecule has 7 heteroatoms. The van der Waals surface area contributed by atoms with Crippen LogP contribution in [0.1, 0.15) is 24.3 Å². The van der Waals surface area contributed by atoms with E-state index in [1.54, 1.807) is 0 Å². The van der Waals surface area contributed by atoms with E-state index in [0.29, 0.717) is 27.2 Å². The summed E-state index contributed by atoms with van der Waals surface area (Å²) in [5.74, 6) is 0.0905. The van der Waals surface area contributed by atoms with Gasteiger partial charge in [-0.15, -0.1) is 10.2 Å². The number of nitrogen functional groups attached to an aromatic ring is 1. The van der Waals surface area contributed by atoms with E-state index < -0.39 is 0 Å². The van der Waals surface area contributed by atoms with Crippen LogP contribution in [0.2, 0.25) is 0 Å². The number of carbonyl (C=O) groups is 1. The molecular formula is C14H13N3O2S2. The molecule has 1 aromatic carbocycles. The van der Waals surface area contributed by atoms with Gasteiger partial charge in [0, 0.05) is 12.8 Å². The molecule has 1 aliphatic rings. The van der Waals surface area contributed by atoms with Crippen molar-refractivity contribution in [3.63, 3.8) is 0 Å². The molecule has 2 aromatic rings. The molecule has 5 nitrogen and oxygen atoms in total. The Bertz CT molecular complexity index is 697. The molecule has 1 unspecified atom stereocenters. The van der Waals surface area contributed by atoms with E-state index in [1.165, 1.54) is 11.3 Å². The van der Waals surface area contributed by atoms with Gasteiger partial charge in [-0.2, -0.15) is 0 Å². The highest BCUT2D eigenvalue weighted by Crippen LogP contribution is 2.40. The summed E-state index contributed by atoms with van der Waals surface area (Å²) in [6.45, 7) is 0. The van der Waals surface area contributed by atoms with Crippen LogP contribution in [0.15, 0.2) is 45.3 Å². The number of rotatable bonds is 3. The fraction of sp³-hybridized carbons (Fsp3) is 0.214. The van der Waals surface area contributed by atoms with Gasteiger partial charge >= 0.3 is 0 Å². The number of hydrogen-bond acceptors (Lipinski definition) is 7. The third kappa shape index (κ3) is 3.08. The Labute approximate surface area is 129 Å². The van der Waals surface area contributed by atoms with Gasteiger partial charge in [0.25, 0.3) is 0 Å². The maximum absolute atomic E-state index is 12.3. The van der Waals surface area contributed by atoms with Crippen molar-refractivity contribution in [1.29, 1.82) is 0 Å². The minimum atomic E-state index is -0.0635. The van der Waals surface area contributed by atoms with Crippen LogP contribution in [0.25, 0.3) is 0 Å². The lowest BCUT2D eigenvalue weighted by Gasteiger charge is -2.22. The van der Waals surface area contributed by atoms with Crippen molar-refractivity contribution in [2.75, 3.05) is 5.73 Å². The summed E-state index contributed by atoms with van der Waals surface area (Å²) in [5.41, 5.74) is 6.59. The maximum Gasteiger partial charge on any atom is 0.203 e. The summed E-state index contributed by atoms with van der Waals surface area (Å²) in [4.78, 5) is 12.6. The lowest BCUT2D eigenvalue weighted by atomic mass is 9.86. The van der Waals surface area contributed by atoms with Crippen molar-refractivity contribution in [1.82, 2.24) is 10.2 Å². The van der Waals surface area contributed by atoms with Crippen molar-refractivity contribution < 1.29 is 9.90 Å². The first-order valence-electron chi connectivity index (χ1n) is 6.40. The number of thioether (sulfide) groups is 1. The Morgan fingerprint density at radius 1 is 1.24 bits per heavy atom. The summed E-state index contributed by atoms with van der Waals surface area (Å²) in [6, 6.07) is 9.78. The fourth-order valence-electron chi connectivity index (χ4n) is 2.30. The van der Waals surface area contributed by atoms with Gasteiger partial charge in [-0.3, -0.25) is 4.79 Å². The maximum atomic E-state index is 12.3. The number of nitrogens with zero attached hydrogens (tertiary/aromatic N) is 2. The molecule has 0 aliphatic heterocycles. The molecule has 1 aliphatic carbocycles. The fourth-order valence-corrected chi connectivity index (χ4v) is 3.97. The second kappa shape index (κ2) is 5.87. The molecule has 0 amide bonds. The summed E-state index contributed by atoms with van der Waals surface area (Å²) in [5, 5.41) is 18.1. The Kier molecular flexibility index (Phi) is 3.94. The molecule has 0 fully saturated rings. The Morgan fingerprint density at radius 2 is 2.00 bits per heavy atom. The lowest BCUT2D eigenvalue weighted by Crippen LogP contribution is -2.16. The van der Waals surface area contributed by atoms with Gasteiger partial charge in [-0.1, -0.05) is 41.7 Å². The molecule has 1 aromatic heterocycles. The summed E-state index contributed by atoms with van der Waals surface area (Å²) >= 11 is 2.35. The average molecular weight is 319 g/mol. The summed E-state index contributed by atoms with van der Waals surface area (Å²) in [6.07, 6.45) is 0.858. The topological polar surface area (TPSA) is 89.1 Å². The zero-order chi connectivity index (χ0) is 14.8. The molecule has 21 heavy (non-hydrogen) atoms. The molecular weight excluding hydrogens is 306 g/mol. The number of aliphatic hydroxyl groups is 1. The zero-order valence-corrected chi connectivity index (χ0v) is 12.7. The van der Waals surface area contributed by atoms with E-state index in [4.69, 9.17) is 5.73 Å². The smallest absolute Gasteiger partial charge is 0.203 e. The second-order valence-electron chi connectivity index (χ2n) is 4.72. The third-order valence-corrected chi connectivity index (χ3v) is 5.24. The standard InChI is InChI=1S/C14H13N3O2S2/c15-13-16-17-14(21-13)20-12-10(18)6-9(7-11(12)19)8-4-2-1-3-5-8/h1-5,9,18H,6-7H2,(H2,15,16). The van der Waals surface area contributed by atoms with E-state index >= 15 is 0 Å². The number of aromatic nitrogens is 2. The first kappa shape index (κ1) is 14.1. The van der Waals surface area contributed by atoms with E-state index in [1.807, 2.05) is 30.3 Å². The number of benzene rings is 1. The van der Waals surface area contributed by atoms with Crippen molar-refractivity contribution in [2.45, 2.75) is 23.1 Å². The van der Waals surface area contributed by atoms with Crippen molar-refractivity contribution >= 4 is 34.0 Å². The molecule has 108 valence electrons. The molecule has 1 heterocycles. The van der Waals surface area contributed by atoms with Crippen LogP contribution in [0.5, 0.6) is 0 Å². The first-order chi connectivity index (χ1) is 10.1. The number of hydrogen-bond donors (Lipinski definition) is 2. The van der Waals surface area contributed by atoms with Gasteiger partial charge < -0.3 is 10.8 Å². The van der Waals surface area contributed by atoms with Gasteiger partial charge in [0.05, 0.1) is 4.91 Å². The monoisotopic (exact) mass is 319 g/mol. The predicted octanol–water partition coefficient (Wildman–Crippen LogP) is 3.13. The van der Waals surface area contributed by atoms with Gasteiger partial charge in [0.1, 0.15) is 5.76 Å². The first-order valence-corrected chi connectivity index (χ1v) is 8.04. The Balaban J connectivity index is 1.81. The number of nitrogens with two attached hydrogens (primary N) is 1. The Hall–Kier alpha value is -1.86. The number of allylic oxidation sites excluding steroid dienone is 2. The number of anilines is 1. The van der Waals surface area contributed by atoms with Gasteiger partial charge in [0.2, 0.25) is 5.13 Å². The van der Waals surface area contributed by atoms with Crippen molar-refractivity contribution in [3.05, 3.63) is 46.6 Å². The molecule has 0 saturated carbocycles. The van der Waals surface area contributed by atoms with E-state index in [2.05, 4.69) is 10.2 Å². The summed E-state index contributed by atoms with van der Waals surface area (Å²) in [7, 11) is 0. The molecule has 0 spiro atoms. The van der Waals surface area contributed by atoms with Crippen LogP contribution in [-0.2, 0) is 4.79 Å². The molecule has 0 saturated heterocycles. The average Bonchev–Trinajstić information content (AvgIpc) is 2.89. The molecule has 0 radical (unpaired) electrons. The van der Waals surface area contributed by atoms with E-state index in [0.717, 1.165) is 17.3 Å². The third-order valence-electron chi connectivity index (χ3n) is 3.27. The highest BCUT2D eigenvalue weighted by molar-refractivity contribution is 8.05. The van der Waals surface area contributed by atoms with Gasteiger partial charge in [-0.25, -0.2) is 0 Å². The number of ketones is 1. The van der Waals surface area contributed by atoms with Crippen LogP contribution in [0.4, 0.5) is 5.13 Å². The van der Waals surface area contributed by atoms with Crippen LogP contribution in [0, 0.1) is 0 Å². The van der Waals surface area contributed by atoms with Gasteiger partial charge in [-0.05, 0) is 23.2 Å². The number of Topliss-reactive ketones (excluding diaryl/α,β-unsaturated/α-hetero) is 1. The molecule has 3 rings (SSSR count). The van der Waals surface area contributed by atoms with Crippen LogP contribution in [-0.4, -0.2) is 21.1 Å². The predicted molar refractivity (Wildman–Crippen MR) is 83.3 cm³/mol. The minimum Gasteiger partial charge on any atom is -0.511 e. The van der Waals surface area contributed by atoms with Crippen LogP contribution in [0.3, 0.4) is 0 Å². The van der Waals surface area contributed by atoms with E-state index in [9.17, 15) is 9.90 Å². The lowest BCUT2D eigenvalue weighted by molar-refractivity contribution is -0.115. The number of aliphatic hydroxyl groups excluding tert-OH is 1. The molecule has 3 N–H and O–H groups in total. The van der Waals surface area contributed by atoms with Crippen LogP contribution >= 0.6 is 23.1 Å². The SMILES string of the molecule is Nc1nnc(SC2=C(O)CC(c3ccccc3)CC2=O)s1. The minimum absolute atomic E-state index is 0.0301. The molecule has 1 atom stereocenters. The van der Waals surface area contributed by atoms with Crippen molar-refractivity contribution in [3.8, 4) is 0 Å².